The van der Waals surface area contributed by atoms with E-state index in [0.29, 0.717) is 0 Å². The highest BCUT2D eigenvalue weighted by molar-refractivity contribution is 7.03. The Morgan fingerprint density at radius 3 is 1.36 bits per heavy atom. The van der Waals surface area contributed by atoms with E-state index in [9.17, 15) is 0 Å². The van der Waals surface area contributed by atoms with Gasteiger partial charge in [0.1, 0.15) is 25.4 Å². The fraction of sp³-hybridized carbons (Fsp3) is 0.600. The van der Waals surface area contributed by atoms with Gasteiger partial charge in [-0.25, -0.2) is 0 Å². The predicted molar refractivity (Wildman–Crippen MR) is 74.7 cm³/mol. The van der Waals surface area contributed by atoms with Gasteiger partial charge < -0.3 is 3.90 Å². The summed E-state index contributed by atoms with van der Waals surface area (Å²) in [5, 5.41) is 0. The van der Waals surface area contributed by atoms with E-state index in [1.54, 1.807) is 0 Å². The van der Waals surface area contributed by atoms with E-state index in [2.05, 4.69) is 67.7 Å². The van der Waals surface area contributed by atoms with Gasteiger partial charge in [0.25, 0.3) is 0 Å². The zero-order chi connectivity index (χ0) is 11.6. The average molecular weight is 243 g/mol. The monoisotopic (exact) mass is 242 g/mol. The molecule has 0 heterocycles. The van der Waals surface area contributed by atoms with Gasteiger partial charge in [-0.2, -0.15) is 0 Å². The first kappa shape index (κ1) is 14.1. The van der Waals surface area contributed by atoms with E-state index in [1.807, 2.05) is 0 Å². The lowest BCUT2D eigenvalue weighted by Crippen LogP contribution is -2.64. The number of rotatable bonds is 5. The molecule has 0 aliphatic rings. The van der Waals surface area contributed by atoms with Crippen molar-refractivity contribution in [1.29, 1.82) is 0 Å². The molecule has 1 nitrogen and oxygen atoms in total. The van der Waals surface area contributed by atoms with Crippen molar-refractivity contribution in [3.8, 4) is 0 Å². The Morgan fingerprint density at radius 2 is 1.21 bits per heavy atom. The van der Waals surface area contributed by atoms with E-state index in [1.165, 1.54) is 0 Å². The maximum Gasteiger partial charge on any atom is 0.133 e. The second kappa shape index (κ2) is 4.74. The molecule has 0 saturated heterocycles. The SMILES string of the molecule is C=C[Si](C)(C)N([Si](C)C)[Si](C)(C)C=C. The summed E-state index contributed by atoms with van der Waals surface area (Å²) in [5.74, 6) is 0. The molecule has 0 aliphatic heterocycles. The fourth-order valence-corrected chi connectivity index (χ4v) is 18.7. The molecule has 0 aromatic rings. The first-order valence-electron chi connectivity index (χ1n) is 5.06. The molecular weight excluding hydrogens is 218 g/mol. The van der Waals surface area contributed by atoms with Crippen molar-refractivity contribution < 1.29 is 0 Å². The summed E-state index contributed by atoms with van der Waals surface area (Å²) in [5.41, 5.74) is 4.39. The Bertz CT molecular complexity index is 201. The molecule has 0 atom stereocenters. The lowest BCUT2D eigenvalue weighted by Gasteiger charge is -2.46. The van der Waals surface area contributed by atoms with E-state index in [4.69, 9.17) is 0 Å². The second-order valence-corrected chi connectivity index (χ2v) is 17.0. The van der Waals surface area contributed by atoms with Crippen LogP contribution in [-0.2, 0) is 0 Å². The minimum Gasteiger partial charge on any atom is -0.363 e. The smallest absolute Gasteiger partial charge is 0.133 e. The zero-order valence-corrected chi connectivity index (χ0v) is 13.5. The third-order valence-electron chi connectivity index (χ3n) is 2.60. The van der Waals surface area contributed by atoms with Crippen LogP contribution in [0.5, 0.6) is 0 Å². The first-order valence-corrected chi connectivity index (χ1v) is 13.6. The van der Waals surface area contributed by atoms with Crippen LogP contribution in [0.15, 0.2) is 24.6 Å². The maximum atomic E-state index is 4.01. The number of hydrogen-bond donors (Lipinski definition) is 0. The Morgan fingerprint density at radius 1 is 0.929 bits per heavy atom. The molecule has 14 heavy (non-hydrogen) atoms. The van der Waals surface area contributed by atoms with E-state index >= 15 is 0 Å². The Hall–Kier alpha value is 0.0906. The minimum absolute atomic E-state index is 0.397. The van der Waals surface area contributed by atoms with Crippen LogP contribution in [0.2, 0.25) is 39.3 Å². The predicted octanol–water partition coefficient (Wildman–Crippen LogP) is 3.40. The van der Waals surface area contributed by atoms with Crippen molar-refractivity contribution in [2.24, 2.45) is 0 Å². The Labute approximate surface area is 93.4 Å². The van der Waals surface area contributed by atoms with Gasteiger partial charge in [0.05, 0.1) is 0 Å². The molecule has 81 valence electrons. The van der Waals surface area contributed by atoms with Crippen LogP contribution in [-0.4, -0.2) is 29.3 Å². The summed E-state index contributed by atoms with van der Waals surface area (Å²) in [6, 6.07) is 0. The molecule has 4 heteroatoms. The van der Waals surface area contributed by atoms with E-state index in [-0.39, 0.29) is 0 Å². The van der Waals surface area contributed by atoms with Crippen molar-refractivity contribution in [2.45, 2.75) is 39.3 Å². The summed E-state index contributed by atoms with van der Waals surface area (Å²) in [4.78, 5) is 0. The molecule has 0 fully saturated rings. The third kappa shape index (κ3) is 3.05. The molecule has 0 aromatic carbocycles. The van der Waals surface area contributed by atoms with Gasteiger partial charge in [-0.3, -0.25) is 0 Å². The number of hydrogen-bond acceptors (Lipinski definition) is 1. The van der Waals surface area contributed by atoms with Gasteiger partial charge in [0.15, 0.2) is 0 Å². The minimum atomic E-state index is -1.39. The molecule has 0 aromatic heterocycles. The second-order valence-electron chi connectivity index (χ2n) is 5.00. The van der Waals surface area contributed by atoms with Crippen LogP contribution in [0.25, 0.3) is 0 Å². The van der Waals surface area contributed by atoms with Gasteiger partial charge in [0.2, 0.25) is 0 Å². The molecule has 0 spiro atoms. The van der Waals surface area contributed by atoms with Crippen LogP contribution >= 0.6 is 0 Å². The summed E-state index contributed by atoms with van der Waals surface area (Å²) >= 11 is 0. The van der Waals surface area contributed by atoms with Gasteiger partial charge >= 0.3 is 0 Å². The average Bonchev–Trinajstić information content (AvgIpc) is 2.02. The highest BCUT2D eigenvalue weighted by atomic mass is 28.5. The third-order valence-corrected chi connectivity index (χ3v) is 17.4. The molecule has 1 radical (unpaired) electrons. The largest absolute Gasteiger partial charge is 0.363 e. The van der Waals surface area contributed by atoms with Crippen LogP contribution in [0, 0.1) is 0 Å². The molecule has 0 saturated carbocycles. The highest BCUT2D eigenvalue weighted by Gasteiger charge is 2.38. The highest BCUT2D eigenvalue weighted by Crippen LogP contribution is 2.22. The van der Waals surface area contributed by atoms with Crippen molar-refractivity contribution in [3.05, 3.63) is 24.6 Å². The molecule has 0 amide bonds. The lowest BCUT2D eigenvalue weighted by molar-refractivity contribution is 0.950. The maximum absolute atomic E-state index is 4.01. The van der Waals surface area contributed by atoms with Gasteiger partial charge in [-0.05, 0) is 0 Å². The van der Waals surface area contributed by atoms with Crippen LogP contribution < -0.4 is 0 Å². The molecule has 0 bridgehead atoms. The fourth-order valence-electron chi connectivity index (χ4n) is 2.08. The molecule has 0 N–H and O–H groups in total. The number of nitrogens with zero attached hydrogens (tertiary/aromatic N) is 1. The van der Waals surface area contributed by atoms with Crippen LogP contribution in [0.1, 0.15) is 0 Å². The van der Waals surface area contributed by atoms with E-state index in [0.717, 1.165) is 0 Å². The molecule has 0 unspecified atom stereocenters. The first-order chi connectivity index (χ1) is 6.19. The summed E-state index contributed by atoms with van der Waals surface area (Å²) in [6.07, 6.45) is 0. The van der Waals surface area contributed by atoms with Crippen molar-refractivity contribution in [3.63, 3.8) is 0 Å². The summed E-state index contributed by atoms with van der Waals surface area (Å²) in [7, 11) is -3.18. The van der Waals surface area contributed by atoms with Crippen molar-refractivity contribution in [1.82, 2.24) is 3.90 Å². The Balaban J connectivity index is 5.15. The normalized spacial score (nSPS) is 13.4. The van der Waals surface area contributed by atoms with Crippen molar-refractivity contribution >= 4 is 25.4 Å². The van der Waals surface area contributed by atoms with Gasteiger partial charge in [0, 0.05) is 0 Å². The van der Waals surface area contributed by atoms with Crippen LogP contribution in [0.4, 0.5) is 0 Å². The summed E-state index contributed by atoms with van der Waals surface area (Å²) in [6.45, 7) is 22.3. The Kier molecular flexibility index (Phi) is 4.77. The van der Waals surface area contributed by atoms with Crippen LogP contribution in [0.3, 0.4) is 0 Å². The van der Waals surface area contributed by atoms with Gasteiger partial charge in [-0.1, -0.05) is 50.7 Å². The topological polar surface area (TPSA) is 3.24 Å². The molecule has 0 rings (SSSR count). The molecular formula is C10H24NSi3. The molecule has 0 aliphatic carbocycles. The quantitative estimate of drug-likeness (QED) is 0.668. The lowest BCUT2D eigenvalue weighted by atomic mass is 11.3. The standard InChI is InChI=1S/C10H24NSi3/c1-9-13(5,6)11(12(3)4)14(7,8)10-2/h9-10H,1-2H2,3-8H3. The summed E-state index contributed by atoms with van der Waals surface area (Å²) < 4.78 is 2.80. The van der Waals surface area contributed by atoms with Crippen molar-refractivity contribution in [2.75, 3.05) is 0 Å². The van der Waals surface area contributed by atoms with E-state index < -0.39 is 25.4 Å². The zero-order valence-electron chi connectivity index (χ0n) is 10.5. The van der Waals surface area contributed by atoms with Gasteiger partial charge in [-0.15, -0.1) is 13.2 Å².